The molecule has 106 valence electrons. The number of aromatic nitrogens is 3. The Hall–Kier alpha value is -3.01. The topological polar surface area (TPSA) is 41.6 Å². The summed E-state index contributed by atoms with van der Waals surface area (Å²) < 4.78 is 14.1. The number of hydrogen-bond donors (Lipinski definition) is 1. The summed E-state index contributed by atoms with van der Waals surface area (Å²) in [6.45, 7) is 0. The quantitative estimate of drug-likeness (QED) is 0.593. The fourth-order valence-corrected chi connectivity index (χ4v) is 2.68. The van der Waals surface area contributed by atoms with E-state index < -0.39 is 0 Å². The van der Waals surface area contributed by atoms with Crippen molar-refractivity contribution in [3.05, 3.63) is 72.8 Å². The summed E-state index contributed by atoms with van der Waals surface area (Å²) in [4.78, 5) is 4.37. The number of fused-ring (bicyclic) bond motifs is 1. The van der Waals surface area contributed by atoms with Crippen LogP contribution in [0, 0.1) is 5.82 Å². The summed E-state index contributed by atoms with van der Waals surface area (Å²) in [5.41, 5.74) is 3.84. The molecule has 0 unspecified atom stereocenters. The molecule has 4 aromatic rings. The largest absolute Gasteiger partial charge is 0.284 e. The van der Waals surface area contributed by atoms with Crippen molar-refractivity contribution < 1.29 is 4.39 Å². The van der Waals surface area contributed by atoms with Crippen LogP contribution >= 0.6 is 0 Å². The number of benzene rings is 2. The highest BCUT2D eigenvalue weighted by Crippen LogP contribution is 2.34. The summed E-state index contributed by atoms with van der Waals surface area (Å²) >= 11 is 0. The minimum atomic E-state index is -0.283. The first kappa shape index (κ1) is 12.7. The van der Waals surface area contributed by atoms with Crippen molar-refractivity contribution in [2.45, 2.75) is 0 Å². The van der Waals surface area contributed by atoms with E-state index in [9.17, 15) is 4.39 Å². The van der Waals surface area contributed by atoms with E-state index in [4.69, 9.17) is 0 Å². The summed E-state index contributed by atoms with van der Waals surface area (Å²) in [5, 5.41) is 8.11. The number of nitrogens with zero attached hydrogens (tertiary/aromatic N) is 2. The first-order chi connectivity index (χ1) is 10.8. The van der Waals surface area contributed by atoms with Crippen molar-refractivity contribution in [2.24, 2.45) is 0 Å². The standard InChI is InChI=1S/C18H12FN3/c19-16-7-3-1-6-14(16)18-15(11-21-22-18)12-9-10-20-17-8-4-2-5-13(12)17/h1-11H,(H,21,22). The van der Waals surface area contributed by atoms with Gasteiger partial charge in [-0.3, -0.25) is 10.1 Å². The van der Waals surface area contributed by atoms with E-state index in [1.165, 1.54) is 6.07 Å². The molecule has 0 atom stereocenters. The third-order valence-corrected chi connectivity index (χ3v) is 3.71. The summed E-state index contributed by atoms with van der Waals surface area (Å²) in [5.74, 6) is -0.283. The number of halogens is 1. The average Bonchev–Trinajstić information content (AvgIpc) is 3.04. The summed E-state index contributed by atoms with van der Waals surface area (Å²) in [7, 11) is 0. The number of para-hydroxylation sites is 1. The van der Waals surface area contributed by atoms with Crippen LogP contribution in [0.1, 0.15) is 0 Å². The van der Waals surface area contributed by atoms with E-state index in [-0.39, 0.29) is 5.82 Å². The predicted octanol–water partition coefficient (Wildman–Crippen LogP) is 4.43. The highest BCUT2D eigenvalue weighted by Gasteiger charge is 2.15. The van der Waals surface area contributed by atoms with Gasteiger partial charge in [0.25, 0.3) is 0 Å². The van der Waals surface area contributed by atoms with Gasteiger partial charge < -0.3 is 0 Å². The molecule has 0 amide bonds. The molecule has 0 saturated heterocycles. The van der Waals surface area contributed by atoms with Crippen LogP contribution in [0.2, 0.25) is 0 Å². The van der Waals surface area contributed by atoms with Crippen molar-refractivity contribution in [3.8, 4) is 22.4 Å². The van der Waals surface area contributed by atoms with Gasteiger partial charge in [-0.05, 0) is 29.8 Å². The van der Waals surface area contributed by atoms with Gasteiger partial charge in [-0.25, -0.2) is 4.39 Å². The monoisotopic (exact) mass is 289 g/mol. The van der Waals surface area contributed by atoms with Gasteiger partial charge >= 0.3 is 0 Å². The number of pyridine rings is 1. The molecule has 0 radical (unpaired) electrons. The number of rotatable bonds is 2. The molecule has 0 spiro atoms. The fraction of sp³-hybridized carbons (Fsp3) is 0. The Bertz CT molecular complexity index is 954. The maximum absolute atomic E-state index is 14.1. The Balaban J connectivity index is 1.98. The van der Waals surface area contributed by atoms with Gasteiger partial charge in [0, 0.05) is 28.9 Å². The normalized spacial score (nSPS) is 11.0. The molecule has 0 aliphatic heterocycles. The van der Waals surface area contributed by atoms with Crippen LogP contribution in [0.4, 0.5) is 4.39 Å². The zero-order chi connectivity index (χ0) is 14.9. The number of nitrogens with one attached hydrogen (secondary N) is 1. The number of H-pyrrole nitrogens is 1. The Labute approximate surface area is 126 Å². The molecule has 1 N–H and O–H groups in total. The molecular formula is C18H12FN3. The van der Waals surface area contributed by atoms with Gasteiger partial charge in [0.2, 0.25) is 0 Å². The first-order valence-corrected chi connectivity index (χ1v) is 6.97. The van der Waals surface area contributed by atoms with Crippen molar-refractivity contribution in [2.75, 3.05) is 0 Å². The second-order valence-electron chi connectivity index (χ2n) is 5.00. The molecule has 0 aliphatic carbocycles. The van der Waals surface area contributed by atoms with Gasteiger partial charge in [0.05, 0.1) is 5.52 Å². The lowest BCUT2D eigenvalue weighted by atomic mass is 9.98. The highest BCUT2D eigenvalue weighted by molar-refractivity contribution is 5.97. The predicted molar refractivity (Wildman–Crippen MR) is 84.7 cm³/mol. The zero-order valence-corrected chi connectivity index (χ0v) is 11.6. The van der Waals surface area contributed by atoms with E-state index >= 15 is 0 Å². The average molecular weight is 289 g/mol. The first-order valence-electron chi connectivity index (χ1n) is 6.97. The van der Waals surface area contributed by atoms with Crippen molar-refractivity contribution >= 4 is 10.9 Å². The third-order valence-electron chi connectivity index (χ3n) is 3.71. The van der Waals surface area contributed by atoms with Crippen molar-refractivity contribution in [3.63, 3.8) is 0 Å². The lowest BCUT2D eigenvalue weighted by Gasteiger charge is -2.07. The van der Waals surface area contributed by atoms with Crippen LogP contribution in [0.3, 0.4) is 0 Å². The Morgan fingerprint density at radius 3 is 2.55 bits per heavy atom. The van der Waals surface area contributed by atoms with Crippen molar-refractivity contribution in [1.82, 2.24) is 15.2 Å². The van der Waals surface area contributed by atoms with E-state index in [2.05, 4.69) is 15.2 Å². The Morgan fingerprint density at radius 2 is 1.64 bits per heavy atom. The second kappa shape index (κ2) is 5.07. The van der Waals surface area contributed by atoms with Gasteiger partial charge in [0.1, 0.15) is 11.5 Å². The second-order valence-corrected chi connectivity index (χ2v) is 5.00. The minimum absolute atomic E-state index is 0.283. The fourth-order valence-electron chi connectivity index (χ4n) is 2.68. The molecule has 0 fully saturated rings. The molecule has 4 heteroatoms. The lowest BCUT2D eigenvalue weighted by molar-refractivity contribution is 0.630. The molecule has 4 rings (SSSR count). The van der Waals surface area contributed by atoms with E-state index in [1.807, 2.05) is 36.4 Å². The Kier molecular flexibility index (Phi) is 2.93. The van der Waals surface area contributed by atoms with Gasteiger partial charge in [-0.2, -0.15) is 5.10 Å². The molecule has 0 bridgehead atoms. The summed E-state index contributed by atoms with van der Waals surface area (Å²) in [6, 6.07) is 16.5. The van der Waals surface area contributed by atoms with Crippen LogP contribution in [0.5, 0.6) is 0 Å². The van der Waals surface area contributed by atoms with Crippen molar-refractivity contribution in [1.29, 1.82) is 0 Å². The van der Waals surface area contributed by atoms with E-state index in [1.54, 1.807) is 24.5 Å². The molecule has 2 heterocycles. The maximum Gasteiger partial charge on any atom is 0.132 e. The van der Waals surface area contributed by atoms with Crippen LogP contribution < -0.4 is 0 Å². The third kappa shape index (κ3) is 1.97. The van der Waals surface area contributed by atoms with Gasteiger partial charge in [-0.1, -0.05) is 30.3 Å². The molecule has 2 aromatic heterocycles. The SMILES string of the molecule is Fc1ccccc1-c1n[nH]cc1-c1ccnc2ccccc12. The molecule has 2 aromatic carbocycles. The number of aromatic amines is 1. The Morgan fingerprint density at radius 1 is 0.818 bits per heavy atom. The van der Waals surface area contributed by atoms with Crippen LogP contribution in [0.25, 0.3) is 33.3 Å². The smallest absolute Gasteiger partial charge is 0.132 e. The highest BCUT2D eigenvalue weighted by atomic mass is 19.1. The molecule has 0 aliphatic rings. The van der Waals surface area contributed by atoms with Gasteiger partial charge in [0.15, 0.2) is 0 Å². The zero-order valence-electron chi connectivity index (χ0n) is 11.6. The molecule has 0 saturated carbocycles. The van der Waals surface area contributed by atoms with Gasteiger partial charge in [-0.15, -0.1) is 0 Å². The van der Waals surface area contributed by atoms with E-state index in [0.29, 0.717) is 11.3 Å². The lowest BCUT2D eigenvalue weighted by Crippen LogP contribution is -1.88. The maximum atomic E-state index is 14.1. The van der Waals surface area contributed by atoms with E-state index in [0.717, 1.165) is 22.0 Å². The molecule has 3 nitrogen and oxygen atoms in total. The number of hydrogen-bond acceptors (Lipinski definition) is 2. The van der Waals surface area contributed by atoms with Crippen LogP contribution in [-0.2, 0) is 0 Å². The molecular weight excluding hydrogens is 277 g/mol. The van der Waals surface area contributed by atoms with Crippen LogP contribution in [-0.4, -0.2) is 15.2 Å². The van der Waals surface area contributed by atoms with Crippen LogP contribution in [0.15, 0.2) is 67.0 Å². The molecule has 22 heavy (non-hydrogen) atoms. The minimum Gasteiger partial charge on any atom is -0.284 e. The summed E-state index contributed by atoms with van der Waals surface area (Å²) in [6.07, 6.45) is 3.55.